The second-order valence-electron chi connectivity index (χ2n) is 24.3. The molecule has 240 valence electrons. The van der Waals surface area contributed by atoms with Gasteiger partial charge in [-0.25, -0.2) is 0 Å². The second-order valence-corrected chi connectivity index (χ2v) is 51.4. The minimum atomic E-state index is -3.99. The first kappa shape index (κ1) is 24.4. The summed E-state index contributed by atoms with van der Waals surface area (Å²) in [5.41, 5.74) is 1.73. The quantitative estimate of drug-likeness (QED) is 0.219. The molecule has 4 saturated carbocycles. The predicted molar refractivity (Wildman–Crippen MR) is 181 cm³/mol. The Kier molecular flexibility index (Phi) is 2.21. The SMILES string of the molecule is CC(C)(C)P(C[C]12[CH]3[C]4(C(C)(C)C)[CH]5[C]1(C(P)(C1CCNC1)C1CCNC1)[Fe]35241678[CH]2[CH]1[CH]6[CH]7[CH]28)C1C2CC3CC(C2)CC1C3. The molecular weight excluding hydrogens is 602 g/mol. The van der Waals surface area contributed by atoms with Crippen molar-refractivity contribution in [1.29, 1.82) is 0 Å². The minimum absolute atomic E-state index is 0.0752. The molecule has 0 aromatic heterocycles. The van der Waals surface area contributed by atoms with Crippen molar-refractivity contribution in [3.05, 3.63) is 0 Å². The Morgan fingerprint density at radius 3 is 1.65 bits per heavy atom. The molecule has 4 bridgehead atoms. The van der Waals surface area contributed by atoms with Crippen LogP contribution in [-0.2, 0) is 6.51 Å². The van der Waals surface area contributed by atoms with E-state index in [0.29, 0.717) is 15.7 Å². The molecule has 0 aromatic rings. The number of hydrogen-bond acceptors (Lipinski definition) is 2. The standard InChI is InChI=1S/C33H55N2P2.C5H5.Fe/c1-31(2,3)28-16-25(29(17-28)33(36,26-7-9-34-18-26)27-8-10-35-19-27)20-37(32(4,5)6)30-23-12-21-11-22(14-23)15-24(30)13-21;1-2-4-5-3-1;/h16-17,21-24,26-27,30,34-35H,7-15,18-20,36H2,1-6H3;1-5H;. The molecule has 0 aromatic carbocycles. The van der Waals surface area contributed by atoms with E-state index in [1.54, 1.807) is 32.1 Å². The van der Waals surface area contributed by atoms with Gasteiger partial charge in [0.25, 0.3) is 0 Å². The average Bonchev–Trinajstić information content (AvgIpc) is 3.74. The van der Waals surface area contributed by atoms with Crippen molar-refractivity contribution >= 4 is 17.2 Å². The molecule has 4 aliphatic carbocycles. The van der Waals surface area contributed by atoms with Gasteiger partial charge in [0.15, 0.2) is 0 Å². The fourth-order valence-corrected chi connectivity index (χ4v) is 123. The van der Waals surface area contributed by atoms with Crippen LogP contribution in [0.3, 0.4) is 0 Å². The molecule has 9 atom stereocenters. The van der Waals surface area contributed by atoms with Crippen LogP contribution >= 0.6 is 17.2 Å². The van der Waals surface area contributed by atoms with Crippen molar-refractivity contribution in [2.75, 3.05) is 32.3 Å². The van der Waals surface area contributed by atoms with E-state index < -0.39 is 6.51 Å². The molecule has 1 spiro atoms. The summed E-state index contributed by atoms with van der Waals surface area (Å²) in [5.74, 6) is 6.39. The van der Waals surface area contributed by atoms with Crippen molar-refractivity contribution in [3.8, 4) is 0 Å². The van der Waals surface area contributed by atoms with Crippen LogP contribution in [0.5, 0.6) is 0 Å². The Balaban J connectivity index is 1.00. The summed E-state index contributed by atoms with van der Waals surface area (Å²) in [6, 6.07) is 0. The van der Waals surface area contributed by atoms with Gasteiger partial charge in [-0.3, -0.25) is 0 Å². The first-order chi connectivity index (χ1) is 20.2. The number of rotatable bonds is 6. The Morgan fingerprint density at radius 1 is 0.744 bits per heavy atom. The van der Waals surface area contributed by atoms with Gasteiger partial charge in [0.2, 0.25) is 0 Å². The van der Waals surface area contributed by atoms with E-state index >= 15 is 0 Å². The maximum absolute atomic E-state index is 4.03. The summed E-state index contributed by atoms with van der Waals surface area (Å²) < 4.78 is 2.76. The Hall–Kier alpha value is 1.30. The molecule has 9 unspecified atom stereocenters. The van der Waals surface area contributed by atoms with Gasteiger partial charge in [-0.15, -0.1) is 0 Å². The van der Waals surface area contributed by atoms with Crippen LogP contribution in [0, 0.1) is 40.9 Å². The molecule has 12 aliphatic heterocycles. The van der Waals surface area contributed by atoms with E-state index in [1.807, 2.05) is 6.16 Å². The third-order valence-electron chi connectivity index (χ3n) is 26.3. The number of hydrogen-bond donors (Lipinski definition) is 2. The Morgan fingerprint density at radius 2 is 1.26 bits per heavy atom. The van der Waals surface area contributed by atoms with E-state index in [9.17, 15) is 0 Å². The van der Waals surface area contributed by atoms with E-state index in [4.69, 9.17) is 0 Å². The zero-order chi connectivity index (χ0) is 28.9. The molecule has 2 N–H and O–H groups in total. The predicted octanol–water partition coefficient (Wildman–Crippen LogP) is 9.47. The first-order valence-corrected chi connectivity index (χ1v) is 27.6. The summed E-state index contributed by atoms with van der Waals surface area (Å²) in [5, 5.41) is 9.10. The molecule has 2 nitrogen and oxygen atoms in total. The van der Waals surface area contributed by atoms with Crippen molar-refractivity contribution < 1.29 is 6.51 Å². The molecule has 12 heterocycles. The molecule has 0 radical (unpaired) electrons. The van der Waals surface area contributed by atoms with Crippen LogP contribution in [0.15, 0.2) is 0 Å². The second kappa shape index (κ2) is 3.88. The summed E-state index contributed by atoms with van der Waals surface area (Å²) in [6.45, 7) is 18.2. The van der Waals surface area contributed by atoms with Crippen molar-refractivity contribution in [2.45, 2.75) is 149 Å². The van der Waals surface area contributed by atoms with Crippen LogP contribution < -0.4 is 10.6 Å². The fraction of sp³-hybridized carbons (Fsp3) is 1.00. The zero-order valence-electron chi connectivity index (χ0n) is 27.9. The third-order valence-corrected chi connectivity index (χ3v) is 76.9. The van der Waals surface area contributed by atoms with E-state index in [2.05, 4.69) is 61.4 Å². The Bertz CT molecular complexity index is 1810. The van der Waals surface area contributed by atoms with Gasteiger partial charge < -0.3 is 0 Å². The van der Waals surface area contributed by atoms with Gasteiger partial charge in [-0.1, -0.05) is 0 Å². The number of fused-ring (bicyclic) bond motifs is 10. The van der Waals surface area contributed by atoms with Crippen LogP contribution in [0.4, 0.5) is 0 Å². The molecular formula is C38H60FeN2P2. The van der Waals surface area contributed by atoms with Crippen molar-refractivity contribution in [1.82, 2.24) is 10.6 Å². The van der Waals surface area contributed by atoms with Crippen molar-refractivity contribution in [2.24, 2.45) is 40.9 Å². The van der Waals surface area contributed by atoms with Gasteiger partial charge in [-0.2, -0.15) is 0 Å². The van der Waals surface area contributed by atoms with Crippen molar-refractivity contribution in [3.63, 3.8) is 0 Å². The summed E-state index contributed by atoms with van der Waals surface area (Å²) in [4.78, 5) is 9.60. The van der Waals surface area contributed by atoms with Crippen LogP contribution in [-0.4, -0.2) is 48.3 Å². The van der Waals surface area contributed by atoms with E-state index in [0.717, 1.165) is 54.1 Å². The third kappa shape index (κ3) is 0.685. The van der Waals surface area contributed by atoms with Gasteiger partial charge in [0, 0.05) is 0 Å². The van der Waals surface area contributed by atoms with E-state index in [-0.39, 0.29) is 7.92 Å². The molecule has 16 aliphatic rings. The normalized spacial score (nSPS) is 80.9. The first-order valence-electron chi connectivity index (χ1n) is 19.3. The fourth-order valence-electron chi connectivity index (χ4n) is 29.7. The molecule has 12 saturated heterocycles. The summed E-state index contributed by atoms with van der Waals surface area (Å²) in [6.07, 6.45) is 13.0. The zero-order valence-corrected chi connectivity index (χ0v) is 31.1. The van der Waals surface area contributed by atoms with Gasteiger partial charge >= 0.3 is 257 Å². The van der Waals surface area contributed by atoms with Gasteiger partial charge in [0.05, 0.1) is 0 Å². The Labute approximate surface area is 255 Å². The summed E-state index contributed by atoms with van der Waals surface area (Å²) in [7, 11) is 4.10. The molecule has 5 heteroatoms. The molecule has 43 heavy (non-hydrogen) atoms. The van der Waals surface area contributed by atoms with Crippen LogP contribution in [0.1, 0.15) is 86.5 Å². The van der Waals surface area contributed by atoms with E-state index in [1.165, 1.54) is 72.7 Å². The molecule has 0 amide bonds. The summed E-state index contributed by atoms with van der Waals surface area (Å²) >= 11 is 0. The molecule has 16 rings (SSSR count). The number of nitrogens with one attached hydrogen (secondary N) is 2. The maximum atomic E-state index is 4.03. The molecule has 16 fully saturated rings. The average molecular weight is 663 g/mol. The van der Waals surface area contributed by atoms with Gasteiger partial charge in [0.1, 0.15) is 0 Å². The van der Waals surface area contributed by atoms with Gasteiger partial charge in [-0.05, 0) is 0 Å². The van der Waals surface area contributed by atoms with Crippen LogP contribution in [0.25, 0.3) is 0 Å². The van der Waals surface area contributed by atoms with Crippen LogP contribution in [0.2, 0.25) is 46.7 Å². The topological polar surface area (TPSA) is 24.1 Å². The monoisotopic (exact) mass is 662 g/mol.